The fraction of sp³-hybridized carbons (Fsp3) is 0.538. The summed E-state index contributed by atoms with van der Waals surface area (Å²) in [6.45, 7) is 6.47. The third-order valence-electron chi connectivity index (χ3n) is 3.55. The van der Waals surface area contributed by atoms with Gasteiger partial charge in [0, 0.05) is 31.6 Å². The second-order valence-corrected chi connectivity index (χ2v) is 4.69. The molecule has 2 nitrogen and oxygen atoms in total. The minimum absolute atomic E-state index is 0. The third kappa shape index (κ3) is 2.76. The number of likely N-dealkylation sites (tertiary alicyclic amines) is 1. The van der Waals surface area contributed by atoms with Crippen LogP contribution < -0.4 is 5.73 Å². The molecule has 0 aromatic heterocycles. The second-order valence-electron chi connectivity index (χ2n) is 4.69. The summed E-state index contributed by atoms with van der Waals surface area (Å²) in [4.78, 5) is 2.48. The van der Waals surface area contributed by atoms with E-state index in [-0.39, 0.29) is 12.4 Å². The van der Waals surface area contributed by atoms with Gasteiger partial charge in [-0.05, 0) is 12.0 Å². The molecule has 0 unspecified atom stereocenters. The van der Waals surface area contributed by atoms with Crippen LogP contribution in [-0.2, 0) is 6.54 Å². The zero-order chi connectivity index (χ0) is 10.7. The third-order valence-corrected chi connectivity index (χ3v) is 3.55. The predicted molar refractivity (Wildman–Crippen MR) is 70.7 cm³/mol. The van der Waals surface area contributed by atoms with Crippen LogP contribution in [0.3, 0.4) is 0 Å². The highest BCUT2D eigenvalue weighted by atomic mass is 35.5. The molecule has 1 heterocycles. The molecule has 1 fully saturated rings. The number of nitrogens with zero attached hydrogens (tertiary/aromatic N) is 1. The second kappa shape index (κ2) is 5.67. The summed E-state index contributed by atoms with van der Waals surface area (Å²) in [5, 5.41) is 0. The molecule has 0 amide bonds. The predicted octanol–water partition coefficient (Wildman–Crippen LogP) is 2.28. The van der Waals surface area contributed by atoms with Gasteiger partial charge < -0.3 is 5.73 Å². The number of halogens is 1. The monoisotopic (exact) mass is 240 g/mol. The average molecular weight is 241 g/mol. The number of hydrogen-bond acceptors (Lipinski definition) is 2. The molecule has 1 aliphatic heterocycles. The van der Waals surface area contributed by atoms with Crippen LogP contribution in [0, 0.1) is 5.41 Å². The summed E-state index contributed by atoms with van der Waals surface area (Å²) >= 11 is 0. The van der Waals surface area contributed by atoms with Crippen LogP contribution in [0.5, 0.6) is 0 Å². The zero-order valence-electron chi connectivity index (χ0n) is 9.86. The van der Waals surface area contributed by atoms with Crippen molar-refractivity contribution in [3.8, 4) is 0 Å². The molecule has 0 bridgehead atoms. The molecular weight excluding hydrogens is 220 g/mol. The first-order chi connectivity index (χ1) is 7.28. The van der Waals surface area contributed by atoms with E-state index in [1.807, 2.05) is 0 Å². The van der Waals surface area contributed by atoms with Gasteiger partial charge in [0.1, 0.15) is 0 Å². The lowest BCUT2D eigenvalue weighted by atomic mass is 9.77. The van der Waals surface area contributed by atoms with E-state index in [0.29, 0.717) is 5.41 Å². The van der Waals surface area contributed by atoms with Gasteiger partial charge in [0.25, 0.3) is 0 Å². The highest BCUT2D eigenvalue weighted by molar-refractivity contribution is 5.85. The van der Waals surface area contributed by atoms with Gasteiger partial charge >= 0.3 is 0 Å². The van der Waals surface area contributed by atoms with Gasteiger partial charge in [-0.2, -0.15) is 0 Å². The first-order valence-corrected chi connectivity index (χ1v) is 5.74. The first-order valence-electron chi connectivity index (χ1n) is 5.74. The van der Waals surface area contributed by atoms with Crippen LogP contribution >= 0.6 is 12.4 Å². The maximum absolute atomic E-state index is 5.81. The molecule has 0 aliphatic carbocycles. The van der Waals surface area contributed by atoms with Crippen molar-refractivity contribution < 1.29 is 0 Å². The standard InChI is InChI=1S/C13H20N2.ClH/c1-2-13(9-14)10-15(11-13)8-12-6-4-3-5-7-12;/h3-7H,2,8-11,14H2,1H3;1H. The largest absolute Gasteiger partial charge is 0.330 e. The van der Waals surface area contributed by atoms with Gasteiger partial charge in [0.2, 0.25) is 0 Å². The van der Waals surface area contributed by atoms with Crippen molar-refractivity contribution in [3.05, 3.63) is 35.9 Å². The Hall–Kier alpha value is -0.570. The van der Waals surface area contributed by atoms with Crippen molar-refractivity contribution in [1.29, 1.82) is 0 Å². The Bertz CT molecular complexity index is 301. The molecule has 1 saturated heterocycles. The van der Waals surface area contributed by atoms with Crippen molar-refractivity contribution in [2.45, 2.75) is 19.9 Å². The SMILES string of the molecule is CCC1(CN)CN(Cc2ccccc2)C1.Cl. The van der Waals surface area contributed by atoms with Crippen molar-refractivity contribution >= 4 is 12.4 Å². The lowest BCUT2D eigenvalue weighted by Crippen LogP contribution is -2.58. The Balaban J connectivity index is 0.00000128. The summed E-state index contributed by atoms with van der Waals surface area (Å²) in [6.07, 6.45) is 1.20. The minimum Gasteiger partial charge on any atom is -0.330 e. The molecule has 0 atom stereocenters. The molecule has 1 aromatic rings. The Morgan fingerprint density at radius 2 is 1.88 bits per heavy atom. The van der Waals surface area contributed by atoms with Gasteiger partial charge in [-0.25, -0.2) is 0 Å². The van der Waals surface area contributed by atoms with E-state index >= 15 is 0 Å². The average Bonchev–Trinajstić information content (AvgIpc) is 2.24. The Morgan fingerprint density at radius 3 is 2.38 bits per heavy atom. The molecular formula is C13H21ClN2. The molecule has 3 heteroatoms. The van der Waals surface area contributed by atoms with E-state index in [0.717, 1.165) is 26.2 Å². The van der Waals surface area contributed by atoms with E-state index in [4.69, 9.17) is 5.73 Å². The Labute approximate surface area is 104 Å². The molecule has 0 radical (unpaired) electrons. The van der Waals surface area contributed by atoms with Crippen LogP contribution in [0.1, 0.15) is 18.9 Å². The highest BCUT2D eigenvalue weighted by Crippen LogP contribution is 2.33. The molecule has 16 heavy (non-hydrogen) atoms. The smallest absolute Gasteiger partial charge is 0.0234 e. The van der Waals surface area contributed by atoms with Gasteiger partial charge in [-0.15, -0.1) is 12.4 Å². The van der Waals surface area contributed by atoms with E-state index in [1.165, 1.54) is 12.0 Å². The quantitative estimate of drug-likeness (QED) is 0.875. The summed E-state index contributed by atoms with van der Waals surface area (Å²) in [6, 6.07) is 10.6. The van der Waals surface area contributed by atoms with Crippen molar-refractivity contribution in [2.24, 2.45) is 11.1 Å². The van der Waals surface area contributed by atoms with Crippen LogP contribution in [0.15, 0.2) is 30.3 Å². The summed E-state index contributed by atoms with van der Waals surface area (Å²) in [5.41, 5.74) is 7.62. The van der Waals surface area contributed by atoms with Crippen molar-refractivity contribution in [2.75, 3.05) is 19.6 Å². The van der Waals surface area contributed by atoms with Crippen LogP contribution in [0.4, 0.5) is 0 Å². The molecule has 1 aliphatic rings. The first kappa shape index (κ1) is 13.5. The molecule has 2 rings (SSSR count). The van der Waals surface area contributed by atoms with E-state index in [9.17, 15) is 0 Å². The van der Waals surface area contributed by atoms with Crippen LogP contribution in [0.25, 0.3) is 0 Å². The Morgan fingerprint density at radius 1 is 1.25 bits per heavy atom. The maximum Gasteiger partial charge on any atom is 0.0234 e. The van der Waals surface area contributed by atoms with Crippen molar-refractivity contribution in [3.63, 3.8) is 0 Å². The lowest BCUT2D eigenvalue weighted by molar-refractivity contribution is -0.00173. The molecule has 1 aromatic carbocycles. The molecule has 90 valence electrons. The highest BCUT2D eigenvalue weighted by Gasteiger charge is 2.39. The summed E-state index contributed by atoms with van der Waals surface area (Å²) in [5.74, 6) is 0. The van der Waals surface area contributed by atoms with Crippen LogP contribution in [-0.4, -0.2) is 24.5 Å². The molecule has 0 saturated carbocycles. The number of nitrogens with two attached hydrogens (primary N) is 1. The fourth-order valence-corrected chi connectivity index (χ4v) is 2.35. The number of rotatable bonds is 4. The molecule has 0 spiro atoms. The van der Waals surface area contributed by atoms with Gasteiger partial charge in [0.05, 0.1) is 0 Å². The fourth-order valence-electron chi connectivity index (χ4n) is 2.35. The normalized spacial score (nSPS) is 18.6. The maximum atomic E-state index is 5.81. The van der Waals surface area contributed by atoms with E-state index in [2.05, 4.69) is 42.2 Å². The topological polar surface area (TPSA) is 29.3 Å². The van der Waals surface area contributed by atoms with Gasteiger partial charge in [-0.3, -0.25) is 4.90 Å². The number of benzene rings is 1. The summed E-state index contributed by atoms with van der Waals surface area (Å²) < 4.78 is 0. The lowest BCUT2D eigenvalue weighted by Gasteiger charge is -2.49. The van der Waals surface area contributed by atoms with Crippen LogP contribution in [0.2, 0.25) is 0 Å². The van der Waals surface area contributed by atoms with Crippen molar-refractivity contribution in [1.82, 2.24) is 4.90 Å². The van der Waals surface area contributed by atoms with Gasteiger partial charge in [0.15, 0.2) is 0 Å². The zero-order valence-corrected chi connectivity index (χ0v) is 10.7. The van der Waals surface area contributed by atoms with Gasteiger partial charge in [-0.1, -0.05) is 37.3 Å². The number of hydrogen-bond donors (Lipinski definition) is 1. The molecule has 2 N–H and O–H groups in total. The van der Waals surface area contributed by atoms with E-state index < -0.39 is 0 Å². The Kier molecular flexibility index (Phi) is 4.78. The minimum atomic E-state index is 0. The van der Waals surface area contributed by atoms with E-state index in [1.54, 1.807) is 0 Å². The summed E-state index contributed by atoms with van der Waals surface area (Å²) in [7, 11) is 0.